The number of halogens is 2. The maximum absolute atomic E-state index is 13.0. The summed E-state index contributed by atoms with van der Waals surface area (Å²) in [6.45, 7) is 0. The average Bonchev–Trinajstić information content (AvgIpc) is 3.01. The van der Waals surface area contributed by atoms with Crippen LogP contribution < -0.4 is 9.64 Å². The highest BCUT2D eigenvalue weighted by Crippen LogP contribution is 2.37. The number of amides is 1. The average molecular weight is 470 g/mol. The van der Waals surface area contributed by atoms with E-state index in [0.717, 1.165) is 0 Å². The summed E-state index contributed by atoms with van der Waals surface area (Å²) in [4.78, 5) is 27.0. The Morgan fingerprint density at radius 1 is 1.06 bits per heavy atom. The maximum Gasteiger partial charge on any atom is 0.343 e. The highest BCUT2D eigenvalue weighted by Gasteiger charge is 2.33. The minimum atomic E-state index is -0.607. The van der Waals surface area contributed by atoms with Crippen LogP contribution in [0.4, 0.5) is 10.1 Å². The number of ether oxygens (including phenoxy) is 1. The first kappa shape index (κ1) is 21.2. The zero-order chi connectivity index (χ0) is 22.0. The molecule has 0 aromatic heterocycles. The van der Waals surface area contributed by atoms with E-state index in [0.29, 0.717) is 31.2 Å². The summed E-state index contributed by atoms with van der Waals surface area (Å²) in [6, 6.07) is 18.7. The van der Waals surface area contributed by atoms with Crippen LogP contribution in [0.1, 0.15) is 15.9 Å². The molecule has 8 heteroatoms. The lowest BCUT2D eigenvalue weighted by molar-refractivity contribution is -0.113. The molecule has 0 saturated carbocycles. The number of anilines is 1. The zero-order valence-corrected chi connectivity index (χ0v) is 18.1. The van der Waals surface area contributed by atoms with Gasteiger partial charge >= 0.3 is 5.97 Å². The molecule has 1 amide bonds. The van der Waals surface area contributed by atoms with E-state index in [4.69, 9.17) is 28.6 Å². The summed E-state index contributed by atoms with van der Waals surface area (Å²) < 4.78 is 18.8. The molecule has 0 N–H and O–H groups in total. The van der Waals surface area contributed by atoms with Gasteiger partial charge in [0.25, 0.3) is 5.91 Å². The number of hydrogen-bond donors (Lipinski definition) is 0. The predicted molar refractivity (Wildman–Crippen MR) is 125 cm³/mol. The number of esters is 1. The lowest BCUT2D eigenvalue weighted by Crippen LogP contribution is -2.27. The van der Waals surface area contributed by atoms with Gasteiger partial charge in [0, 0.05) is 5.02 Å². The van der Waals surface area contributed by atoms with Crippen LogP contribution in [0.25, 0.3) is 6.08 Å². The molecule has 1 aliphatic heterocycles. The van der Waals surface area contributed by atoms with Gasteiger partial charge in [-0.2, -0.15) is 0 Å². The number of thiocarbonyl (C=S) groups is 1. The number of thioether (sulfide) groups is 1. The van der Waals surface area contributed by atoms with E-state index in [1.54, 1.807) is 54.6 Å². The van der Waals surface area contributed by atoms with Crippen molar-refractivity contribution in [1.29, 1.82) is 0 Å². The summed E-state index contributed by atoms with van der Waals surface area (Å²) in [7, 11) is 0. The second kappa shape index (κ2) is 9.01. The van der Waals surface area contributed by atoms with Crippen LogP contribution in [0, 0.1) is 5.82 Å². The van der Waals surface area contributed by atoms with E-state index in [2.05, 4.69) is 0 Å². The van der Waals surface area contributed by atoms with Crippen molar-refractivity contribution in [2.24, 2.45) is 0 Å². The van der Waals surface area contributed by atoms with Gasteiger partial charge in [0.1, 0.15) is 11.6 Å². The Bertz CT molecular complexity index is 1230. The van der Waals surface area contributed by atoms with E-state index < -0.39 is 11.8 Å². The van der Waals surface area contributed by atoms with Crippen LogP contribution in [-0.4, -0.2) is 16.2 Å². The first-order valence-electron chi connectivity index (χ1n) is 9.02. The second-order valence-corrected chi connectivity index (χ2v) is 8.58. The third-order valence-electron chi connectivity index (χ3n) is 4.31. The molecular formula is C23H13ClFNO3S2. The fourth-order valence-corrected chi connectivity index (χ4v) is 4.36. The van der Waals surface area contributed by atoms with Crippen molar-refractivity contribution in [2.45, 2.75) is 0 Å². The Balaban J connectivity index is 1.54. The van der Waals surface area contributed by atoms with Crippen LogP contribution in [0.3, 0.4) is 0 Å². The first-order valence-corrected chi connectivity index (χ1v) is 10.6. The summed E-state index contributed by atoms with van der Waals surface area (Å²) in [5.41, 5.74) is 1.49. The van der Waals surface area contributed by atoms with Gasteiger partial charge in [-0.1, -0.05) is 53.8 Å². The smallest absolute Gasteiger partial charge is 0.343 e. The van der Waals surface area contributed by atoms with Gasteiger partial charge in [-0.15, -0.1) is 0 Å². The summed E-state index contributed by atoms with van der Waals surface area (Å²) in [5, 5.41) is 0.506. The van der Waals surface area contributed by atoms with E-state index in [-0.39, 0.29) is 11.5 Å². The molecule has 1 heterocycles. The second-order valence-electron chi connectivity index (χ2n) is 6.47. The van der Waals surface area contributed by atoms with Gasteiger partial charge in [-0.05, 0) is 66.2 Å². The number of hydrogen-bond acceptors (Lipinski definition) is 5. The molecular weight excluding hydrogens is 457 g/mol. The maximum atomic E-state index is 13.0. The third-order valence-corrected chi connectivity index (χ3v) is 5.84. The molecule has 1 aliphatic rings. The minimum absolute atomic E-state index is 0.231. The van der Waals surface area contributed by atoms with Crippen LogP contribution in [-0.2, 0) is 4.79 Å². The predicted octanol–water partition coefficient (Wildman–Crippen LogP) is 6.10. The molecule has 0 spiro atoms. The van der Waals surface area contributed by atoms with E-state index in [9.17, 15) is 14.0 Å². The number of benzene rings is 3. The van der Waals surface area contributed by atoms with Gasteiger partial charge in [0.05, 0.1) is 16.2 Å². The number of carbonyl (C=O) groups excluding carboxylic acids is 2. The van der Waals surface area contributed by atoms with Gasteiger partial charge < -0.3 is 4.74 Å². The van der Waals surface area contributed by atoms with Crippen LogP contribution in [0.2, 0.25) is 5.02 Å². The first-order chi connectivity index (χ1) is 14.9. The van der Waals surface area contributed by atoms with Crippen molar-refractivity contribution in [1.82, 2.24) is 0 Å². The van der Waals surface area contributed by atoms with Gasteiger partial charge in [-0.3, -0.25) is 9.69 Å². The Kier molecular flexibility index (Phi) is 6.18. The molecule has 4 nitrogen and oxygen atoms in total. The van der Waals surface area contributed by atoms with Crippen molar-refractivity contribution >= 4 is 63.5 Å². The lowest BCUT2D eigenvalue weighted by atomic mass is 10.2. The number of carbonyl (C=O) groups is 2. The highest BCUT2D eigenvalue weighted by atomic mass is 35.5. The summed E-state index contributed by atoms with van der Waals surface area (Å²) in [6.07, 6.45) is 1.68. The molecule has 0 radical (unpaired) electrons. The molecule has 31 heavy (non-hydrogen) atoms. The normalized spacial score (nSPS) is 14.9. The standard InChI is InChI=1S/C23H13ClFNO3S2/c24-16-4-2-5-18(13-16)26-21(27)20(31-23(26)30)12-14-3-1-6-19(11-14)29-22(28)15-7-9-17(25)10-8-15/h1-13H/b20-12-. The van der Waals surface area contributed by atoms with E-state index in [1.807, 2.05) is 0 Å². The van der Waals surface area contributed by atoms with Crippen molar-refractivity contribution in [3.8, 4) is 5.75 Å². The largest absolute Gasteiger partial charge is 0.423 e. The number of nitrogens with zero attached hydrogens (tertiary/aromatic N) is 1. The third kappa shape index (κ3) is 4.85. The van der Waals surface area contributed by atoms with Gasteiger partial charge in [-0.25, -0.2) is 9.18 Å². The SMILES string of the molecule is O=C(Oc1cccc(/C=C2\SC(=S)N(c3cccc(Cl)c3)C2=O)c1)c1ccc(F)cc1. The lowest BCUT2D eigenvalue weighted by Gasteiger charge is -2.14. The van der Waals surface area contributed by atoms with Crippen LogP contribution >= 0.6 is 35.6 Å². The summed E-state index contributed by atoms with van der Waals surface area (Å²) in [5.74, 6) is -1.00. The van der Waals surface area contributed by atoms with Crippen LogP contribution in [0.5, 0.6) is 5.75 Å². The molecule has 1 saturated heterocycles. The van der Waals surface area contributed by atoms with Gasteiger partial charge in [0.2, 0.25) is 0 Å². The van der Waals surface area contributed by atoms with Crippen molar-refractivity contribution in [3.63, 3.8) is 0 Å². The molecule has 0 unspecified atom stereocenters. The molecule has 3 aromatic rings. The van der Waals surface area contributed by atoms with Crippen LogP contribution in [0.15, 0.2) is 77.7 Å². The monoisotopic (exact) mass is 469 g/mol. The molecule has 1 fully saturated rings. The van der Waals surface area contributed by atoms with Crippen molar-refractivity contribution in [3.05, 3.63) is 99.7 Å². The Morgan fingerprint density at radius 2 is 1.81 bits per heavy atom. The van der Waals surface area contributed by atoms with E-state index in [1.165, 1.54) is 40.9 Å². The van der Waals surface area contributed by atoms with Crippen molar-refractivity contribution < 1.29 is 18.7 Å². The molecule has 0 bridgehead atoms. The van der Waals surface area contributed by atoms with E-state index >= 15 is 0 Å². The fraction of sp³-hybridized carbons (Fsp3) is 0. The highest BCUT2D eigenvalue weighted by molar-refractivity contribution is 8.27. The zero-order valence-electron chi connectivity index (χ0n) is 15.7. The topological polar surface area (TPSA) is 46.6 Å². The fourth-order valence-electron chi connectivity index (χ4n) is 2.88. The summed E-state index contributed by atoms with van der Waals surface area (Å²) >= 11 is 12.6. The van der Waals surface area contributed by atoms with Gasteiger partial charge in [0.15, 0.2) is 4.32 Å². The molecule has 4 rings (SSSR count). The Hall–Kier alpha value is -3.00. The molecule has 0 atom stereocenters. The quantitative estimate of drug-likeness (QED) is 0.200. The minimum Gasteiger partial charge on any atom is -0.423 e. The molecule has 0 aliphatic carbocycles. The number of rotatable bonds is 4. The Labute approximate surface area is 192 Å². The molecule has 3 aromatic carbocycles. The Morgan fingerprint density at radius 3 is 2.55 bits per heavy atom. The van der Waals surface area contributed by atoms with Crippen molar-refractivity contribution in [2.75, 3.05) is 4.90 Å². The molecule has 154 valence electrons.